The van der Waals surface area contributed by atoms with Gasteiger partial charge in [0.2, 0.25) is 0 Å². The molecule has 0 unspecified atom stereocenters. The Bertz CT molecular complexity index is 734. The van der Waals surface area contributed by atoms with E-state index in [-0.39, 0.29) is 16.5 Å². The fourth-order valence-corrected chi connectivity index (χ4v) is 2.70. The predicted octanol–water partition coefficient (Wildman–Crippen LogP) is 4.71. The molecule has 0 bridgehead atoms. The number of hydrogen-bond acceptors (Lipinski definition) is 2. The third-order valence-electron chi connectivity index (χ3n) is 2.64. The molecule has 0 atom stereocenters. The van der Waals surface area contributed by atoms with Crippen molar-refractivity contribution >= 4 is 56.7 Å². The highest BCUT2D eigenvalue weighted by atomic mass is 79.9. The van der Waals surface area contributed by atoms with Gasteiger partial charge in [-0.15, -0.1) is 0 Å². The molecule has 1 amide bonds. The zero-order valence-corrected chi connectivity index (χ0v) is 13.5. The van der Waals surface area contributed by atoms with E-state index in [1.807, 2.05) is 0 Å². The van der Waals surface area contributed by atoms with Gasteiger partial charge in [0.25, 0.3) is 5.91 Å². The van der Waals surface area contributed by atoms with Gasteiger partial charge in [-0.25, -0.2) is 4.79 Å². The Morgan fingerprint density at radius 3 is 2.38 bits per heavy atom. The lowest BCUT2D eigenvalue weighted by atomic mass is 10.2. The largest absolute Gasteiger partial charge is 0.478 e. The van der Waals surface area contributed by atoms with Gasteiger partial charge in [-0.1, -0.05) is 23.2 Å². The first kappa shape index (κ1) is 15.8. The Balaban J connectivity index is 2.25. The molecule has 108 valence electrons. The first-order valence-corrected chi connectivity index (χ1v) is 7.22. The summed E-state index contributed by atoms with van der Waals surface area (Å²) in [7, 11) is 0. The lowest BCUT2D eigenvalue weighted by Gasteiger charge is -2.09. The van der Waals surface area contributed by atoms with Crippen LogP contribution in [-0.4, -0.2) is 17.0 Å². The lowest BCUT2D eigenvalue weighted by molar-refractivity contribution is 0.0696. The molecule has 0 spiro atoms. The van der Waals surface area contributed by atoms with Crippen molar-refractivity contribution in [3.8, 4) is 0 Å². The van der Waals surface area contributed by atoms with E-state index >= 15 is 0 Å². The fraction of sp³-hybridized carbons (Fsp3) is 0. The highest BCUT2D eigenvalue weighted by Crippen LogP contribution is 2.26. The molecule has 2 rings (SSSR count). The van der Waals surface area contributed by atoms with Gasteiger partial charge in [0.05, 0.1) is 21.8 Å². The molecule has 2 N–H and O–H groups in total. The van der Waals surface area contributed by atoms with E-state index in [9.17, 15) is 9.59 Å². The Hall–Kier alpha value is -1.56. The minimum atomic E-state index is -1.09. The van der Waals surface area contributed by atoms with Crippen LogP contribution in [0.5, 0.6) is 0 Å². The number of carboxylic acid groups (broad SMARTS) is 1. The number of nitrogens with one attached hydrogen (secondary N) is 1. The van der Waals surface area contributed by atoms with E-state index in [0.717, 1.165) is 0 Å². The van der Waals surface area contributed by atoms with Crippen LogP contribution in [0.3, 0.4) is 0 Å². The number of carbonyl (C=O) groups is 2. The fourth-order valence-electron chi connectivity index (χ4n) is 1.61. The number of anilines is 1. The molecular weight excluding hydrogens is 381 g/mol. The number of carbonyl (C=O) groups excluding carboxylic acids is 1. The maximum Gasteiger partial charge on any atom is 0.335 e. The van der Waals surface area contributed by atoms with Gasteiger partial charge in [-0.05, 0) is 52.3 Å². The molecule has 0 aliphatic rings. The molecule has 0 aliphatic carbocycles. The van der Waals surface area contributed by atoms with Crippen molar-refractivity contribution < 1.29 is 14.7 Å². The number of benzene rings is 2. The zero-order valence-electron chi connectivity index (χ0n) is 10.4. The highest BCUT2D eigenvalue weighted by Gasteiger charge is 2.13. The quantitative estimate of drug-likeness (QED) is 0.800. The number of amides is 1. The Morgan fingerprint density at radius 1 is 1.10 bits per heavy atom. The molecule has 21 heavy (non-hydrogen) atoms. The molecule has 0 saturated heterocycles. The molecule has 7 heteroatoms. The summed E-state index contributed by atoms with van der Waals surface area (Å²) in [5.74, 6) is -1.47. The topological polar surface area (TPSA) is 66.4 Å². The molecule has 0 saturated carbocycles. The molecule has 0 heterocycles. The average molecular weight is 389 g/mol. The van der Waals surface area contributed by atoms with Crippen molar-refractivity contribution in [2.75, 3.05) is 5.32 Å². The van der Waals surface area contributed by atoms with Crippen LogP contribution in [0.2, 0.25) is 10.0 Å². The monoisotopic (exact) mass is 387 g/mol. The van der Waals surface area contributed by atoms with Gasteiger partial charge in [0.15, 0.2) is 0 Å². The summed E-state index contributed by atoms with van der Waals surface area (Å²) in [6.45, 7) is 0. The van der Waals surface area contributed by atoms with Gasteiger partial charge < -0.3 is 10.4 Å². The zero-order chi connectivity index (χ0) is 15.6. The number of hydrogen-bond donors (Lipinski definition) is 2. The highest BCUT2D eigenvalue weighted by molar-refractivity contribution is 9.10. The molecule has 4 nitrogen and oxygen atoms in total. The summed E-state index contributed by atoms with van der Waals surface area (Å²) in [5, 5.41) is 12.1. The van der Waals surface area contributed by atoms with Crippen molar-refractivity contribution in [2.24, 2.45) is 0 Å². The van der Waals surface area contributed by atoms with Crippen LogP contribution in [0.4, 0.5) is 5.69 Å². The van der Waals surface area contributed by atoms with Crippen molar-refractivity contribution in [3.05, 3.63) is 62.0 Å². The number of halogens is 3. The second-order valence-electron chi connectivity index (χ2n) is 4.08. The molecule has 0 aromatic heterocycles. The third-order valence-corrected chi connectivity index (χ3v) is 3.84. The van der Waals surface area contributed by atoms with Crippen molar-refractivity contribution in [1.82, 2.24) is 0 Å². The first-order chi connectivity index (χ1) is 9.88. The summed E-state index contributed by atoms with van der Waals surface area (Å²) < 4.78 is 0.547. The van der Waals surface area contributed by atoms with E-state index in [4.69, 9.17) is 28.3 Å². The van der Waals surface area contributed by atoms with Gasteiger partial charge in [-0.2, -0.15) is 0 Å². The SMILES string of the molecule is O=C(O)c1ccc(NC(=O)c2ccc(Cl)cc2Br)c(Cl)c1. The van der Waals surface area contributed by atoms with E-state index in [2.05, 4.69) is 21.2 Å². The van der Waals surface area contributed by atoms with Crippen LogP contribution in [0, 0.1) is 0 Å². The minimum Gasteiger partial charge on any atom is -0.478 e. The number of carboxylic acids is 1. The van der Waals surface area contributed by atoms with Gasteiger partial charge >= 0.3 is 5.97 Å². The molecule has 2 aromatic carbocycles. The van der Waals surface area contributed by atoms with Crippen LogP contribution >= 0.6 is 39.1 Å². The predicted molar refractivity (Wildman–Crippen MR) is 85.5 cm³/mol. The summed E-state index contributed by atoms with van der Waals surface area (Å²) in [6, 6.07) is 8.84. The smallest absolute Gasteiger partial charge is 0.335 e. The van der Waals surface area contributed by atoms with Crippen molar-refractivity contribution in [1.29, 1.82) is 0 Å². The maximum absolute atomic E-state index is 12.2. The van der Waals surface area contributed by atoms with E-state index in [0.29, 0.717) is 20.7 Å². The van der Waals surface area contributed by atoms with Gasteiger partial charge in [0.1, 0.15) is 0 Å². The molecule has 0 radical (unpaired) electrons. The maximum atomic E-state index is 12.2. The van der Waals surface area contributed by atoms with E-state index in [1.54, 1.807) is 18.2 Å². The van der Waals surface area contributed by atoms with Crippen LogP contribution in [0.1, 0.15) is 20.7 Å². The number of rotatable bonds is 3. The molecule has 0 fully saturated rings. The van der Waals surface area contributed by atoms with Gasteiger partial charge in [-0.3, -0.25) is 4.79 Å². The van der Waals surface area contributed by atoms with Crippen LogP contribution in [0.15, 0.2) is 40.9 Å². The third kappa shape index (κ3) is 3.75. The number of aromatic carboxylic acids is 1. The van der Waals surface area contributed by atoms with Gasteiger partial charge in [0, 0.05) is 9.50 Å². The summed E-state index contributed by atoms with van der Waals surface area (Å²) in [6.07, 6.45) is 0. The molecule has 0 aliphatic heterocycles. The Kier molecular flexibility index (Phi) is 4.88. The molecule has 2 aromatic rings. The summed E-state index contributed by atoms with van der Waals surface area (Å²) >= 11 is 15.0. The molecular formula is C14H8BrCl2NO3. The second-order valence-corrected chi connectivity index (χ2v) is 5.78. The van der Waals surface area contributed by atoms with E-state index < -0.39 is 5.97 Å². The summed E-state index contributed by atoms with van der Waals surface area (Å²) in [5.41, 5.74) is 0.761. The normalized spacial score (nSPS) is 10.2. The first-order valence-electron chi connectivity index (χ1n) is 5.67. The minimum absolute atomic E-state index is 0.0469. The average Bonchev–Trinajstić information content (AvgIpc) is 2.40. The van der Waals surface area contributed by atoms with Crippen LogP contribution in [-0.2, 0) is 0 Å². The second kappa shape index (κ2) is 6.47. The lowest BCUT2D eigenvalue weighted by Crippen LogP contribution is -2.13. The van der Waals surface area contributed by atoms with Crippen molar-refractivity contribution in [2.45, 2.75) is 0 Å². The van der Waals surface area contributed by atoms with E-state index in [1.165, 1.54) is 18.2 Å². The van der Waals surface area contributed by atoms with Crippen LogP contribution < -0.4 is 5.32 Å². The van der Waals surface area contributed by atoms with Crippen molar-refractivity contribution in [3.63, 3.8) is 0 Å². The Morgan fingerprint density at radius 2 is 1.81 bits per heavy atom. The standard InChI is InChI=1S/C14H8BrCl2NO3/c15-10-6-8(16)2-3-9(10)13(19)18-12-4-1-7(14(20)21)5-11(12)17/h1-6H,(H,18,19)(H,20,21). The Labute approximate surface area is 138 Å². The van der Waals surface area contributed by atoms with Crippen LogP contribution in [0.25, 0.3) is 0 Å². The summed E-state index contributed by atoms with van der Waals surface area (Å²) in [4.78, 5) is 23.0.